The first kappa shape index (κ1) is 10.7. The van der Waals surface area contributed by atoms with E-state index in [0.29, 0.717) is 11.7 Å². The lowest BCUT2D eigenvalue weighted by Crippen LogP contribution is -2.05. The Balaban J connectivity index is 2.28. The van der Waals surface area contributed by atoms with Gasteiger partial charge in [0.15, 0.2) is 5.82 Å². The molecule has 0 atom stereocenters. The fourth-order valence-corrected chi connectivity index (χ4v) is 1.39. The third kappa shape index (κ3) is 2.39. The van der Waals surface area contributed by atoms with Gasteiger partial charge in [-0.25, -0.2) is 0 Å². The van der Waals surface area contributed by atoms with E-state index in [0.717, 1.165) is 11.3 Å². The summed E-state index contributed by atoms with van der Waals surface area (Å²) in [6.07, 6.45) is 0.152. The Kier molecular flexibility index (Phi) is 2.90. The van der Waals surface area contributed by atoms with Crippen LogP contribution in [0.5, 0.6) is 5.75 Å². The number of hydrogen-bond acceptors (Lipinski definition) is 4. The monoisotopic (exact) mass is 218 g/mol. The lowest BCUT2D eigenvalue weighted by molar-refractivity contribution is 0.242. The number of nitrogens with zero attached hydrogens (tertiary/aromatic N) is 2. The van der Waals surface area contributed by atoms with Crippen LogP contribution in [0.15, 0.2) is 28.8 Å². The van der Waals surface area contributed by atoms with Crippen LogP contribution in [-0.2, 0) is 0 Å². The van der Waals surface area contributed by atoms with Crippen molar-refractivity contribution in [1.29, 1.82) is 0 Å². The van der Waals surface area contributed by atoms with E-state index in [4.69, 9.17) is 9.26 Å². The smallest absolute Gasteiger partial charge is 0.258 e. The minimum absolute atomic E-state index is 0.152. The third-order valence-corrected chi connectivity index (χ3v) is 1.98. The van der Waals surface area contributed by atoms with Crippen LogP contribution in [0.25, 0.3) is 11.5 Å². The first-order valence-electron chi connectivity index (χ1n) is 5.22. The van der Waals surface area contributed by atoms with Gasteiger partial charge in [0.1, 0.15) is 5.75 Å². The van der Waals surface area contributed by atoms with Crippen LogP contribution in [0.2, 0.25) is 0 Å². The first-order valence-corrected chi connectivity index (χ1v) is 5.22. The summed E-state index contributed by atoms with van der Waals surface area (Å²) in [7, 11) is 0. The maximum atomic E-state index is 5.59. The van der Waals surface area contributed by atoms with Crippen molar-refractivity contribution in [2.45, 2.75) is 26.9 Å². The predicted octanol–water partition coefficient (Wildman–Crippen LogP) is 2.83. The number of ether oxygens (including phenoxy) is 1. The molecule has 1 aromatic heterocycles. The summed E-state index contributed by atoms with van der Waals surface area (Å²) in [5.74, 6) is 1.96. The van der Waals surface area contributed by atoms with Gasteiger partial charge in [-0.15, -0.1) is 0 Å². The maximum Gasteiger partial charge on any atom is 0.258 e. The van der Waals surface area contributed by atoms with Crippen LogP contribution in [0.1, 0.15) is 19.7 Å². The van der Waals surface area contributed by atoms with Crippen molar-refractivity contribution >= 4 is 0 Å². The molecule has 0 unspecified atom stereocenters. The fraction of sp³-hybridized carbons (Fsp3) is 0.333. The molecule has 0 N–H and O–H groups in total. The average molecular weight is 218 g/mol. The summed E-state index contributed by atoms with van der Waals surface area (Å²) in [6.45, 7) is 5.77. The van der Waals surface area contributed by atoms with Crippen molar-refractivity contribution in [3.63, 3.8) is 0 Å². The molecule has 0 saturated carbocycles. The zero-order valence-electron chi connectivity index (χ0n) is 9.60. The van der Waals surface area contributed by atoms with Gasteiger partial charge in [0.05, 0.1) is 6.10 Å². The molecule has 2 aromatic rings. The van der Waals surface area contributed by atoms with Crippen LogP contribution in [0.3, 0.4) is 0 Å². The number of aromatic nitrogens is 2. The normalized spacial score (nSPS) is 10.8. The highest BCUT2D eigenvalue weighted by atomic mass is 16.5. The summed E-state index contributed by atoms with van der Waals surface area (Å²) in [4.78, 5) is 4.17. The van der Waals surface area contributed by atoms with E-state index in [-0.39, 0.29) is 6.10 Å². The summed E-state index contributed by atoms with van der Waals surface area (Å²) >= 11 is 0. The third-order valence-electron chi connectivity index (χ3n) is 1.98. The van der Waals surface area contributed by atoms with Gasteiger partial charge in [0.2, 0.25) is 0 Å². The van der Waals surface area contributed by atoms with Gasteiger partial charge < -0.3 is 9.26 Å². The van der Waals surface area contributed by atoms with Crippen molar-refractivity contribution < 1.29 is 9.26 Å². The van der Waals surface area contributed by atoms with Gasteiger partial charge in [-0.3, -0.25) is 0 Å². The molecule has 0 aliphatic carbocycles. The fourth-order valence-electron chi connectivity index (χ4n) is 1.39. The topological polar surface area (TPSA) is 48.2 Å². The van der Waals surface area contributed by atoms with Gasteiger partial charge in [0, 0.05) is 5.56 Å². The van der Waals surface area contributed by atoms with Gasteiger partial charge in [-0.2, -0.15) is 4.98 Å². The molecule has 84 valence electrons. The summed E-state index contributed by atoms with van der Waals surface area (Å²) in [6, 6.07) is 7.63. The summed E-state index contributed by atoms with van der Waals surface area (Å²) in [5, 5.41) is 3.76. The Morgan fingerprint density at radius 3 is 2.75 bits per heavy atom. The molecule has 0 amide bonds. The molecule has 4 nitrogen and oxygen atoms in total. The molecule has 0 fully saturated rings. The molecule has 2 rings (SSSR count). The average Bonchev–Trinajstić information content (AvgIpc) is 2.64. The largest absolute Gasteiger partial charge is 0.491 e. The molecule has 1 aromatic carbocycles. The standard InChI is InChI=1S/C12H14N2O2/c1-8(2)15-11-6-4-5-10(7-11)12-13-9(3)14-16-12/h4-8H,1-3H3. The van der Waals surface area contributed by atoms with Crippen molar-refractivity contribution in [3.8, 4) is 17.2 Å². The second-order valence-corrected chi connectivity index (χ2v) is 3.84. The highest BCUT2D eigenvalue weighted by Gasteiger charge is 2.07. The molecule has 0 aliphatic rings. The molecule has 4 heteroatoms. The summed E-state index contributed by atoms with van der Waals surface area (Å²) in [5.41, 5.74) is 0.874. The van der Waals surface area contributed by atoms with Gasteiger partial charge in [-0.05, 0) is 39.0 Å². The van der Waals surface area contributed by atoms with Crippen LogP contribution in [0.4, 0.5) is 0 Å². The lowest BCUT2D eigenvalue weighted by Gasteiger charge is -2.09. The van der Waals surface area contributed by atoms with Crippen molar-refractivity contribution in [3.05, 3.63) is 30.1 Å². The molecule has 0 spiro atoms. The highest BCUT2D eigenvalue weighted by Crippen LogP contribution is 2.22. The lowest BCUT2D eigenvalue weighted by atomic mass is 10.2. The zero-order chi connectivity index (χ0) is 11.5. The van der Waals surface area contributed by atoms with E-state index in [1.54, 1.807) is 6.92 Å². The zero-order valence-corrected chi connectivity index (χ0v) is 9.60. The van der Waals surface area contributed by atoms with Crippen LogP contribution in [-0.4, -0.2) is 16.2 Å². The second-order valence-electron chi connectivity index (χ2n) is 3.84. The Morgan fingerprint density at radius 1 is 1.31 bits per heavy atom. The number of hydrogen-bond donors (Lipinski definition) is 0. The Labute approximate surface area is 94.2 Å². The SMILES string of the molecule is Cc1noc(-c2cccc(OC(C)C)c2)n1. The Hall–Kier alpha value is -1.84. The second kappa shape index (κ2) is 4.35. The molecule has 0 saturated heterocycles. The number of benzene rings is 1. The molecule has 1 heterocycles. The minimum Gasteiger partial charge on any atom is -0.491 e. The van der Waals surface area contributed by atoms with Crippen LogP contribution >= 0.6 is 0 Å². The Bertz CT molecular complexity index is 477. The van der Waals surface area contributed by atoms with Crippen molar-refractivity contribution in [1.82, 2.24) is 10.1 Å². The van der Waals surface area contributed by atoms with E-state index in [9.17, 15) is 0 Å². The Morgan fingerprint density at radius 2 is 2.12 bits per heavy atom. The quantitative estimate of drug-likeness (QED) is 0.794. The predicted molar refractivity (Wildman–Crippen MR) is 60.2 cm³/mol. The molecular weight excluding hydrogens is 204 g/mol. The maximum absolute atomic E-state index is 5.59. The van der Waals surface area contributed by atoms with E-state index in [2.05, 4.69) is 10.1 Å². The molecule has 16 heavy (non-hydrogen) atoms. The number of aryl methyl sites for hydroxylation is 1. The molecule has 0 bridgehead atoms. The van der Waals surface area contributed by atoms with Gasteiger partial charge in [0.25, 0.3) is 5.89 Å². The van der Waals surface area contributed by atoms with E-state index < -0.39 is 0 Å². The van der Waals surface area contributed by atoms with Crippen molar-refractivity contribution in [2.24, 2.45) is 0 Å². The van der Waals surface area contributed by atoms with E-state index in [1.807, 2.05) is 38.1 Å². The summed E-state index contributed by atoms with van der Waals surface area (Å²) < 4.78 is 10.7. The van der Waals surface area contributed by atoms with E-state index in [1.165, 1.54) is 0 Å². The minimum atomic E-state index is 0.152. The van der Waals surface area contributed by atoms with Crippen LogP contribution < -0.4 is 4.74 Å². The number of rotatable bonds is 3. The molecular formula is C12H14N2O2. The van der Waals surface area contributed by atoms with Gasteiger partial charge in [-0.1, -0.05) is 11.2 Å². The molecule has 0 aliphatic heterocycles. The molecule has 0 radical (unpaired) electrons. The first-order chi connectivity index (χ1) is 7.65. The van der Waals surface area contributed by atoms with Gasteiger partial charge >= 0.3 is 0 Å². The van der Waals surface area contributed by atoms with Crippen molar-refractivity contribution in [2.75, 3.05) is 0 Å². The van der Waals surface area contributed by atoms with Crippen LogP contribution in [0, 0.1) is 6.92 Å². The highest BCUT2D eigenvalue weighted by molar-refractivity contribution is 5.55. The van der Waals surface area contributed by atoms with E-state index >= 15 is 0 Å².